The third kappa shape index (κ3) is 6.38. The molecule has 186 valence electrons. The number of nitrogens with one attached hydrogen (secondary N) is 1. The van der Waals surface area contributed by atoms with E-state index in [-0.39, 0.29) is 5.91 Å². The molecule has 0 unspecified atom stereocenters. The molecule has 1 fully saturated rings. The van der Waals surface area contributed by atoms with Crippen LogP contribution in [0.2, 0.25) is 0 Å². The Morgan fingerprint density at radius 1 is 1.17 bits per heavy atom. The molecular formula is C27H35N5O2S. The summed E-state index contributed by atoms with van der Waals surface area (Å²) in [6.45, 7) is 9.50. The maximum Gasteiger partial charge on any atom is 0.254 e. The summed E-state index contributed by atoms with van der Waals surface area (Å²) in [4.78, 5) is 25.9. The second kappa shape index (κ2) is 11.6. The number of hydrogen-bond donors (Lipinski definition) is 2. The molecule has 2 N–H and O–H groups in total. The van der Waals surface area contributed by atoms with Crippen molar-refractivity contribution in [1.29, 1.82) is 0 Å². The van der Waals surface area contributed by atoms with Crippen LogP contribution in [0.3, 0.4) is 0 Å². The van der Waals surface area contributed by atoms with Gasteiger partial charge in [-0.2, -0.15) is 11.3 Å². The van der Waals surface area contributed by atoms with Crippen molar-refractivity contribution in [3.8, 4) is 5.75 Å². The van der Waals surface area contributed by atoms with Gasteiger partial charge >= 0.3 is 0 Å². The third-order valence-corrected chi connectivity index (χ3v) is 7.71. The van der Waals surface area contributed by atoms with E-state index < -0.39 is 0 Å². The van der Waals surface area contributed by atoms with Gasteiger partial charge in [0.25, 0.3) is 5.91 Å². The monoisotopic (exact) mass is 493 g/mol. The minimum absolute atomic E-state index is 0.0931. The Morgan fingerprint density at radius 2 is 1.86 bits per heavy atom. The van der Waals surface area contributed by atoms with Gasteiger partial charge in [0.1, 0.15) is 12.1 Å². The molecule has 1 amide bonds. The minimum atomic E-state index is -0.0931. The van der Waals surface area contributed by atoms with Crippen molar-refractivity contribution in [3.63, 3.8) is 0 Å². The molecule has 0 bridgehead atoms. The van der Waals surface area contributed by atoms with Crippen LogP contribution >= 0.6 is 11.3 Å². The van der Waals surface area contributed by atoms with E-state index in [1.165, 1.54) is 11.9 Å². The van der Waals surface area contributed by atoms with Crippen LogP contribution in [0.25, 0.3) is 0 Å². The van der Waals surface area contributed by atoms with Gasteiger partial charge in [0, 0.05) is 44.0 Å². The first-order chi connectivity index (χ1) is 16.9. The van der Waals surface area contributed by atoms with E-state index in [1.807, 2.05) is 26.0 Å². The van der Waals surface area contributed by atoms with Gasteiger partial charge in [0.15, 0.2) is 0 Å². The molecule has 2 aromatic heterocycles. The molecule has 0 aliphatic carbocycles. The first-order valence-corrected chi connectivity index (χ1v) is 13.2. The van der Waals surface area contributed by atoms with E-state index in [4.69, 9.17) is 0 Å². The van der Waals surface area contributed by atoms with Gasteiger partial charge in [-0.15, -0.1) is 0 Å². The SMILES string of the molecule is Cc1ncnc(C)c1C(=O)NCC[C@@H](C)N1CCC(N(Cc2ccsc2)c2ccc(O)cc2)CC1. The van der Waals surface area contributed by atoms with Crippen molar-refractivity contribution >= 4 is 22.9 Å². The number of phenolic OH excluding ortho intramolecular Hbond substituents is 1. The summed E-state index contributed by atoms with van der Waals surface area (Å²) in [5, 5.41) is 17.1. The molecule has 1 saturated heterocycles. The van der Waals surface area contributed by atoms with Crippen molar-refractivity contribution in [2.45, 2.75) is 58.7 Å². The second-order valence-electron chi connectivity index (χ2n) is 9.36. The summed E-state index contributed by atoms with van der Waals surface area (Å²) in [5.74, 6) is 0.203. The van der Waals surface area contributed by atoms with E-state index in [1.54, 1.807) is 23.5 Å². The molecule has 1 aliphatic rings. The Kier molecular flexibility index (Phi) is 8.36. The maximum atomic E-state index is 12.6. The predicted molar refractivity (Wildman–Crippen MR) is 141 cm³/mol. The van der Waals surface area contributed by atoms with Gasteiger partial charge < -0.3 is 20.2 Å². The van der Waals surface area contributed by atoms with Gasteiger partial charge in [-0.1, -0.05) is 0 Å². The van der Waals surface area contributed by atoms with Gasteiger partial charge in [0.05, 0.1) is 17.0 Å². The molecule has 0 saturated carbocycles. The van der Waals surface area contributed by atoms with Crippen LogP contribution in [0, 0.1) is 13.8 Å². The molecule has 8 heteroatoms. The van der Waals surface area contributed by atoms with Crippen LogP contribution in [0.4, 0.5) is 5.69 Å². The number of benzene rings is 1. The van der Waals surface area contributed by atoms with Crippen LogP contribution in [0.5, 0.6) is 5.75 Å². The molecule has 7 nitrogen and oxygen atoms in total. The number of likely N-dealkylation sites (tertiary alicyclic amines) is 1. The van der Waals surface area contributed by atoms with E-state index in [9.17, 15) is 9.90 Å². The topological polar surface area (TPSA) is 81.6 Å². The summed E-state index contributed by atoms with van der Waals surface area (Å²) in [7, 11) is 0. The maximum absolute atomic E-state index is 12.6. The first-order valence-electron chi connectivity index (χ1n) is 12.3. The fraction of sp³-hybridized carbons (Fsp3) is 0.444. The average molecular weight is 494 g/mol. The Hall–Kier alpha value is -2.97. The number of thiophene rings is 1. The molecule has 0 radical (unpaired) electrons. The highest BCUT2D eigenvalue weighted by Gasteiger charge is 2.27. The number of anilines is 1. The van der Waals surface area contributed by atoms with Gasteiger partial charge in [-0.3, -0.25) is 4.79 Å². The normalized spacial score (nSPS) is 15.6. The second-order valence-corrected chi connectivity index (χ2v) is 10.1. The first kappa shape index (κ1) is 25.1. The number of amides is 1. The summed E-state index contributed by atoms with van der Waals surface area (Å²) < 4.78 is 0. The highest BCUT2D eigenvalue weighted by atomic mass is 32.1. The number of piperidine rings is 1. The zero-order valence-corrected chi connectivity index (χ0v) is 21.6. The largest absolute Gasteiger partial charge is 0.508 e. The van der Waals surface area contributed by atoms with Gasteiger partial charge in [-0.25, -0.2) is 9.97 Å². The van der Waals surface area contributed by atoms with Crippen molar-refractivity contribution in [1.82, 2.24) is 20.2 Å². The quantitative estimate of drug-likeness (QED) is 0.456. The molecule has 1 aromatic carbocycles. The number of aromatic nitrogens is 2. The predicted octanol–water partition coefficient (Wildman–Crippen LogP) is 4.54. The fourth-order valence-corrected chi connectivity index (χ4v) is 5.54. The van der Waals surface area contributed by atoms with Crippen molar-refractivity contribution in [3.05, 3.63) is 69.9 Å². The highest BCUT2D eigenvalue weighted by Crippen LogP contribution is 2.28. The van der Waals surface area contributed by atoms with Crippen LogP contribution < -0.4 is 10.2 Å². The number of carbonyl (C=O) groups is 1. The summed E-state index contributed by atoms with van der Waals surface area (Å²) in [6, 6.07) is 10.6. The number of aryl methyl sites for hydroxylation is 2. The standard InChI is InChI=1S/C27H35N5O2S/c1-19(8-12-28-27(34)26-20(2)29-18-30-21(26)3)31-13-9-24(10-14-31)32(16-22-11-15-35-17-22)23-4-6-25(33)7-5-23/h4-7,11,15,17-19,24,33H,8-10,12-14,16H2,1-3H3,(H,28,34)/t19-/m1/s1. The number of phenols is 1. The zero-order chi connectivity index (χ0) is 24.8. The van der Waals surface area contributed by atoms with E-state index in [0.29, 0.717) is 41.3 Å². The number of hydrogen-bond acceptors (Lipinski definition) is 7. The molecule has 3 aromatic rings. The number of rotatable bonds is 9. The molecule has 1 aliphatic heterocycles. The Balaban J connectivity index is 1.30. The van der Waals surface area contributed by atoms with Crippen LogP contribution in [-0.4, -0.2) is 57.6 Å². The van der Waals surface area contributed by atoms with E-state index >= 15 is 0 Å². The van der Waals surface area contributed by atoms with Crippen molar-refractivity contribution in [2.24, 2.45) is 0 Å². The lowest BCUT2D eigenvalue weighted by molar-refractivity contribution is 0.0943. The molecule has 0 spiro atoms. The Morgan fingerprint density at radius 3 is 2.49 bits per heavy atom. The van der Waals surface area contributed by atoms with E-state index in [2.05, 4.69) is 48.8 Å². The number of aromatic hydroxyl groups is 1. The fourth-order valence-electron chi connectivity index (χ4n) is 4.88. The highest BCUT2D eigenvalue weighted by molar-refractivity contribution is 7.07. The molecule has 4 rings (SSSR count). The van der Waals surface area contributed by atoms with Crippen LogP contribution in [0.15, 0.2) is 47.4 Å². The molecular weight excluding hydrogens is 458 g/mol. The molecule has 1 atom stereocenters. The van der Waals surface area contributed by atoms with Crippen LogP contribution in [0.1, 0.15) is 53.5 Å². The Bertz CT molecular complexity index is 1080. The Labute approximate surface area is 211 Å². The summed E-state index contributed by atoms with van der Waals surface area (Å²) in [5.41, 5.74) is 4.49. The smallest absolute Gasteiger partial charge is 0.254 e. The van der Waals surface area contributed by atoms with Gasteiger partial charge in [-0.05, 0) is 86.7 Å². The molecule has 35 heavy (non-hydrogen) atoms. The third-order valence-electron chi connectivity index (χ3n) is 6.98. The lowest BCUT2D eigenvalue weighted by Crippen LogP contribution is -2.48. The van der Waals surface area contributed by atoms with Crippen LogP contribution in [-0.2, 0) is 6.54 Å². The lowest BCUT2D eigenvalue weighted by Gasteiger charge is -2.42. The number of carbonyl (C=O) groups excluding carboxylic acids is 1. The summed E-state index contributed by atoms with van der Waals surface area (Å²) in [6.07, 6.45) is 4.57. The molecule has 3 heterocycles. The average Bonchev–Trinajstić information content (AvgIpc) is 3.37. The van der Waals surface area contributed by atoms with E-state index in [0.717, 1.165) is 44.6 Å². The lowest BCUT2D eigenvalue weighted by atomic mass is 9.99. The van der Waals surface area contributed by atoms with Gasteiger partial charge in [0.2, 0.25) is 0 Å². The minimum Gasteiger partial charge on any atom is -0.508 e. The zero-order valence-electron chi connectivity index (χ0n) is 20.8. The summed E-state index contributed by atoms with van der Waals surface area (Å²) >= 11 is 1.73. The van der Waals surface area contributed by atoms with Crippen molar-refractivity contribution < 1.29 is 9.90 Å². The van der Waals surface area contributed by atoms with Crippen molar-refractivity contribution in [2.75, 3.05) is 24.5 Å². The number of nitrogens with zero attached hydrogens (tertiary/aromatic N) is 4.